The quantitative estimate of drug-likeness (QED) is 0.626. The zero-order valence-corrected chi connectivity index (χ0v) is 14.4. The lowest BCUT2D eigenvalue weighted by atomic mass is 10.2. The van der Waals surface area contributed by atoms with E-state index >= 15 is 0 Å². The fraction of sp³-hybridized carbons (Fsp3) is 0.375. The number of thiazole rings is 1. The fourth-order valence-corrected chi connectivity index (χ4v) is 3.38. The first-order valence-corrected chi connectivity index (χ1v) is 8.91. The van der Waals surface area contributed by atoms with Crippen LogP contribution in [-0.4, -0.2) is 53.4 Å². The third-order valence-corrected chi connectivity index (χ3v) is 4.91. The molecular weight excluding hydrogens is 342 g/mol. The molecule has 1 fully saturated rings. The number of piperazine rings is 1. The number of hydrogen-bond acceptors (Lipinski definition) is 7. The van der Waals surface area contributed by atoms with E-state index in [0.717, 1.165) is 31.3 Å². The van der Waals surface area contributed by atoms with E-state index in [1.165, 1.54) is 12.1 Å². The van der Waals surface area contributed by atoms with Crippen molar-refractivity contribution in [3.8, 4) is 0 Å². The summed E-state index contributed by atoms with van der Waals surface area (Å²) in [4.78, 5) is 31.0. The molecule has 1 aliphatic heterocycles. The Morgan fingerprint density at radius 2 is 1.96 bits per heavy atom. The number of carbonyl (C=O) groups is 1. The van der Waals surface area contributed by atoms with Crippen LogP contribution in [0.1, 0.15) is 6.42 Å². The molecule has 0 spiro atoms. The van der Waals surface area contributed by atoms with Crippen LogP contribution in [0.15, 0.2) is 35.8 Å². The highest BCUT2D eigenvalue weighted by Crippen LogP contribution is 2.19. The molecule has 2 aromatic rings. The molecule has 0 unspecified atom stereocenters. The van der Waals surface area contributed by atoms with Crippen molar-refractivity contribution in [2.75, 3.05) is 42.9 Å². The lowest BCUT2D eigenvalue weighted by Gasteiger charge is -2.34. The summed E-state index contributed by atoms with van der Waals surface area (Å²) < 4.78 is 0. The third kappa shape index (κ3) is 4.74. The standard InChI is InChI=1S/C16H19N5O3S/c22-15(18-13-1-3-14(4-2-13)21(23)24)5-7-19-8-10-20(11-9-19)16-17-6-12-25-16/h1-4,6,12H,5,7-11H2,(H,18,22). The van der Waals surface area contributed by atoms with Crippen LogP contribution in [0.2, 0.25) is 0 Å². The normalized spacial score (nSPS) is 15.1. The second-order valence-electron chi connectivity index (χ2n) is 5.75. The van der Waals surface area contributed by atoms with Crippen LogP contribution < -0.4 is 10.2 Å². The number of nitrogens with zero attached hydrogens (tertiary/aromatic N) is 4. The smallest absolute Gasteiger partial charge is 0.269 e. The molecule has 0 radical (unpaired) electrons. The zero-order valence-electron chi connectivity index (χ0n) is 13.6. The second-order valence-corrected chi connectivity index (χ2v) is 6.62. The maximum absolute atomic E-state index is 12.0. The molecule has 1 saturated heterocycles. The van der Waals surface area contributed by atoms with Gasteiger partial charge in [-0.3, -0.25) is 19.8 Å². The van der Waals surface area contributed by atoms with Gasteiger partial charge in [0.2, 0.25) is 5.91 Å². The average Bonchev–Trinajstić information content (AvgIpc) is 3.15. The number of carbonyl (C=O) groups excluding carboxylic acids is 1. The highest BCUT2D eigenvalue weighted by atomic mass is 32.1. The molecule has 1 aromatic heterocycles. The lowest BCUT2D eigenvalue weighted by Crippen LogP contribution is -2.47. The Morgan fingerprint density at radius 1 is 1.24 bits per heavy atom. The summed E-state index contributed by atoms with van der Waals surface area (Å²) in [6.07, 6.45) is 2.21. The molecule has 0 bridgehead atoms. The maximum atomic E-state index is 12.0. The van der Waals surface area contributed by atoms with Crippen molar-refractivity contribution in [3.05, 3.63) is 46.0 Å². The molecule has 1 aromatic carbocycles. The molecular formula is C16H19N5O3S. The van der Waals surface area contributed by atoms with E-state index in [4.69, 9.17) is 0 Å². The van der Waals surface area contributed by atoms with Crippen LogP contribution >= 0.6 is 11.3 Å². The Bertz CT molecular complexity index is 712. The first-order chi connectivity index (χ1) is 12.1. The second kappa shape index (κ2) is 8.04. The monoisotopic (exact) mass is 361 g/mol. The summed E-state index contributed by atoms with van der Waals surface area (Å²) in [5, 5.41) is 16.4. The number of amides is 1. The van der Waals surface area contributed by atoms with Gasteiger partial charge in [0.1, 0.15) is 0 Å². The van der Waals surface area contributed by atoms with Gasteiger partial charge >= 0.3 is 0 Å². The maximum Gasteiger partial charge on any atom is 0.269 e. The average molecular weight is 361 g/mol. The SMILES string of the molecule is O=C(CCN1CCN(c2nccs2)CC1)Nc1ccc([N+](=O)[O-])cc1. The topological polar surface area (TPSA) is 91.6 Å². The van der Waals surface area contributed by atoms with Crippen molar-refractivity contribution in [2.24, 2.45) is 0 Å². The predicted octanol–water partition coefficient (Wildman–Crippen LogP) is 2.20. The van der Waals surface area contributed by atoms with Crippen LogP contribution in [0.3, 0.4) is 0 Å². The van der Waals surface area contributed by atoms with Crippen LogP contribution in [0.5, 0.6) is 0 Å². The van der Waals surface area contributed by atoms with Gasteiger partial charge in [-0.05, 0) is 12.1 Å². The van der Waals surface area contributed by atoms with E-state index in [1.807, 2.05) is 11.6 Å². The van der Waals surface area contributed by atoms with Gasteiger partial charge in [0.15, 0.2) is 5.13 Å². The number of nitro groups is 1. The first-order valence-electron chi connectivity index (χ1n) is 8.03. The van der Waals surface area contributed by atoms with Gasteiger partial charge in [0, 0.05) is 68.5 Å². The van der Waals surface area contributed by atoms with E-state index in [-0.39, 0.29) is 11.6 Å². The Balaban J connectivity index is 1.40. The van der Waals surface area contributed by atoms with Crippen LogP contribution in [-0.2, 0) is 4.79 Å². The van der Waals surface area contributed by atoms with Crippen LogP contribution in [0.4, 0.5) is 16.5 Å². The molecule has 0 saturated carbocycles. The van der Waals surface area contributed by atoms with Crippen molar-refractivity contribution in [2.45, 2.75) is 6.42 Å². The molecule has 8 nitrogen and oxygen atoms in total. The number of benzene rings is 1. The van der Waals surface area contributed by atoms with Gasteiger partial charge in [0.05, 0.1) is 4.92 Å². The number of anilines is 2. The highest BCUT2D eigenvalue weighted by Gasteiger charge is 2.19. The van der Waals surface area contributed by atoms with Crippen molar-refractivity contribution >= 4 is 33.8 Å². The van der Waals surface area contributed by atoms with Crippen molar-refractivity contribution < 1.29 is 9.72 Å². The number of aromatic nitrogens is 1. The molecule has 2 heterocycles. The summed E-state index contributed by atoms with van der Waals surface area (Å²) in [5.74, 6) is -0.0868. The first kappa shape index (κ1) is 17.3. The zero-order chi connectivity index (χ0) is 17.6. The number of non-ortho nitro benzene ring substituents is 1. The molecule has 132 valence electrons. The minimum atomic E-state index is -0.461. The number of nitrogens with one attached hydrogen (secondary N) is 1. The molecule has 1 amide bonds. The van der Waals surface area contributed by atoms with Crippen LogP contribution in [0, 0.1) is 10.1 Å². The van der Waals surface area contributed by atoms with Gasteiger partial charge in [-0.2, -0.15) is 0 Å². The van der Waals surface area contributed by atoms with Crippen molar-refractivity contribution in [1.82, 2.24) is 9.88 Å². The van der Waals surface area contributed by atoms with Gasteiger partial charge in [-0.25, -0.2) is 4.98 Å². The van der Waals surface area contributed by atoms with Crippen LogP contribution in [0.25, 0.3) is 0 Å². The molecule has 1 N–H and O–H groups in total. The van der Waals surface area contributed by atoms with Crippen molar-refractivity contribution in [3.63, 3.8) is 0 Å². The summed E-state index contributed by atoms with van der Waals surface area (Å²) in [7, 11) is 0. The molecule has 0 aliphatic carbocycles. The predicted molar refractivity (Wildman–Crippen MR) is 97.1 cm³/mol. The van der Waals surface area contributed by atoms with E-state index in [2.05, 4.69) is 20.1 Å². The van der Waals surface area contributed by atoms with E-state index in [9.17, 15) is 14.9 Å². The lowest BCUT2D eigenvalue weighted by molar-refractivity contribution is -0.384. The Labute approximate surface area is 149 Å². The van der Waals surface area contributed by atoms with Gasteiger partial charge < -0.3 is 10.2 Å². The Kier molecular flexibility index (Phi) is 5.56. The van der Waals surface area contributed by atoms with E-state index < -0.39 is 4.92 Å². The summed E-state index contributed by atoms with van der Waals surface area (Å²) >= 11 is 1.64. The number of nitro benzene ring substituents is 1. The third-order valence-electron chi connectivity index (χ3n) is 4.08. The summed E-state index contributed by atoms with van der Waals surface area (Å²) in [6, 6.07) is 5.85. The van der Waals surface area contributed by atoms with Gasteiger partial charge in [0.25, 0.3) is 5.69 Å². The van der Waals surface area contributed by atoms with Crippen molar-refractivity contribution in [1.29, 1.82) is 0 Å². The minimum absolute atomic E-state index is 0.0103. The van der Waals surface area contributed by atoms with Gasteiger partial charge in [-0.1, -0.05) is 0 Å². The molecule has 1 aliphatic rings. The molecule has 0 atom stereocenters. The summed E-state index contributed by atoms with van der Waals surface area (Å²) in [5.41, 5.74) is 0.584. The number of hydrogen-bond donors (Lipinski definition) is 1. The van der Waals surface area contributed by atoms with Gasteiger partial charge in [-0.15, -0.1) is 11.3 Å². The minimum Gasteiger partial charge on any atom is -0.346 e. The highest BCUT2D eigenvalue weighted by molar-refractivity contribution is 7.13. The molecule has 3 rings (SSSR count). The molecule has 9 heteroatoms. The van der Waals surface area contributed by atoms with E-state index in [1.54, 1.807) is 23.5 Å². The largest absolute Gasteiger partial charge is 0.346 e. The molecule has 25 heavy (non-hydrogen) atoms. The Hall–Kier alpha value is -2.52. The Morgan fingerprint density at radius 3 is 2.56 bits per heavy atom. The summed E-state index contributed by atoms with van der Waals surface area (Å²) in [6.45, 7) is 4.34. The number of rotatable bonds is 6. The van der Waals surface area contributed by atoms with E-state index in [0.29, 0.717) is 18.7 Å². The fourth-order valence-electron chi connectivity index (χ4n) is 2.68.